The van der Waals surface area contributed by atoms with Crippen LogP contribution in [0.3, 0.4) is 0 Å². The maximum atomic E-state index is 14.7. The van der Waals surface area contributed by atoms with Gasteiger partial charge in [0, 0.05) is 32.9 Å². The van der Waals surface area contributed by atoms with E-state index in [0.717, 1.165) is 16.7 Å². The standard InChI is InChI=1S/C70H70N2O17/c1-71-59(73)40-41-61(75)85-57-43-54(45-84-70(51-29-17-8-18-30-51,52-32-36-55(80-2)37-33-52)53-34-38-56(81-3)39-35-53)72(44-57)60(74)31-19-20-42-82-69-64(89-68(79)50-27-15-7-16-28-50)63(88-67(78)49-25-13-6-14-26-49)62(87-66(77)48-23-11-5-12-24-48)58(86-69)46-83-65(76)47-21-9-4-10-22-47/h4-18,21-30,32-39,54,57-58,62-64,69H,19-20,31,40-46H2,1-3H3,(H,71,73)/t54-,57+,58?,62+,63-,64?,69-/m0/s1. The van der Waals surface area contributed by atoms with E-state index in [0.29, 0.717) is 11.5 Å². The fraction of sp³-hybridized carbons (Fsp3) is 0.300. The summed E-state index contributed by atoms with van der Waals surface area (Å²) in [6, 6.07) is 56.5. The van der Waals surface area contributed by atoms with Crippen LogP contribution in [-0.2, 0) is 57.9 Å². The fourth-order valence-corrected chi connectivity index (χ4v) is 10.7. The first-order valence-corrected chi connectivity index (χ1v) is 29.3. The Balaban J connectivity index is 0.978. The van der Waals surface area contributed by atoms with Crippen molar-refractivity contribution in [2.24, 2.45) is 0 Å². The molecule has 462 valence electrons. The third-order valence-electron chi connectivity index (χ3n) is 15.3. The number of benzene rings is 7. The molecular formula is C70H70N2O17. The van der Waals surface area contributed by atoms with Crippen LogP contribution in [-0.4, -0.2) is 137 Å². The quantitative estimate of drug-likeness (QED) is 0.0219. The van der Waals surface area contributed by atoms with Gasteiger partial charge in [-0.3, -0.25) is 14.4 Å². The van der Waals surface area contributed by atoms with Crippen LogP contribution in [0.1, 0.15) is 96.6 Å². The SMILES string of the molecule is CNC(=O)CCC(=O)O[C@@H]1C[C@@H](COC(c2ccccc2)(c2ccc(OC)cc2)c2ccc(OC)cc2)N(C(=O)CCCCO[C@H]2OC(COC(=O)c3ccccc3)[C@@H](OC(=O)c3ccccc3)[C@H](OC(=O)c3ccccc3)C2OC(=O)c2ccccc2)C1. The number of unbranched alkanes of at least 4 members (excludes halogenated alkanes) is 1. The Bertz CT molecular complexity index is 3400. The van der Waals surface area contributed by atoms with Gasteiger partial charge in [-0.2, -0.15) is 0 Å². The summed E-state index contributed by atoms with van der Waals surface area (Å²) in [5.74, 6) is -3.22. The van der Waals surface area contributed by atoms with Gasteiger partial charge in [0.05, 0.1) is 62.1 Å². The monoisotopic (exact) mass is 1210 g/mol. The van der Waals surface area contributed by atoms with Crippen molar-refractivity contribution in [1.29, 1.82) is 0 Å². The van der Waals surface area contributed by atoms with Gasteiger partial charge >= 0.3 is 29.8 Å². The molecule has 2 aliphatic rings. The molecule has 2 heterocycles. The number of hydrogen-bond donors (Lipinski definition) is 1. The third-order valence-corrected chi connectivity index (χ3v) is 15.3. The predicted molar refractivity (Wildman–Crippen MR) is 324 cm³/mol. The van der Waals surface area contributed by atoms with Crippen LogP contribution in [0.5, 0.6) is 11.5 Å². The number of nitrogens with one attached hydrogen (secondary N) is 1. The molecule has 89 heavy (non-hydrogen) atoms. The first kappa shape index (κ1) is 63.8. The van der Waals surface area contributed by atoms with Gasteiger partial charge in [-0.1, -0.05) is 127 Å². The lowest BCUT2D eigenvalue weighted by atomic mass is 9.80. The van der Waals surface area contributed by atoms with Crippen LogP contribution in [0.2, 0.25) is 0 Å². The Morgan fingerprint density at radius 1 is 0.506 bits per heavy atom. The van der Waals surface area contributed by atoms with Gasteiger partial charge in [0.15, 0.2) is 24.6 Å². The highest BCUT2D eigenvalue weighted by Gasteiger charge is 2.54. The molecule has 7 atom stereocenters. The first-order chi connectivity index (χ1) is 43.4. The number of esters is 5. The number of nitrogens with zero attached hydrogens (tertiary/aromatic N) is 1. The van der Waals surface area contributed by atoms with E-state index in [2.05, 4.69) is 5.32 Å². The molecule has 0 spiro atoms. The van der Waals surface area contributed by atoms with Gasteiger partial charge in [0.2, 0.25) is 11.8 Å². The van der Waals surface area contributed by atoms with E-state index in [1.807, 2.05) is 78.9 Å². The highest BCUT2D eigenvalue weighted by atomic mass is 16.7. The first-order valence-electron chi connectivity index (χ1n) is 29.3. The summed E-state index contributed by atoms with van der Waals surface area (Å²) in [4.78, 5) is 97.6. The van der Waals surface area contributed by atoms with E-state index in [1.54, 1.807) is 104 Å². The van der Waals surface area contributed by atoms with E-state index in [-0.39, 0.29) is 92.4 Å². The number of hydrogen-bond acceptors (Lipinski definition) is 17. The smallest absolute Gasteiger partial charge is 0.338 e. The summed E-state index contributed by atoms with van der Waals surface area (Å²) in [6.07, 6.45) is -8.08. The van der Waals surface area contributed by atoms with Gasteiger partial charge in [0.1, 0.15) is 35.9 Å². The minimum atomic E-state index is -1.64. The van der Waals surface area contributed by atoms with Crippen molar-refractivity contribution < 1.29 is 80.9 Å². The van der Waals surface area contributed by atoms with Crippen LogP contribution in [0.4, 0.5) is 0 Å². The lowest BCUT2D eigenvalue weighted by Crippen LogP contribution is -2.63. The Hall–Kier alpha value is -9.69. The molecule has 0 aromatic heterocycles. The third kappa shape index (κ3) is 16.5. The van der Waals surface area contributed by atoms with Crippen LogP contribution in [0, 0.1) is 0 Å². The number of methoxy groups -OCH3 is 2. The molecule has 0 saturated carbocycles. The van der Waals surface area contributed by atoms with Crippen molar-refractivity contribution in [2.75, 3.05) is 47.6 Å². The molecule has 19 nitrogen and oxygen atoms in total. The topological polar surface area (TPSA) is 227 Å². The van der Waals surface area contributed by atoms with E-state index in [9.17, 15) is 33.6 Å². The number of ether oxygens (including phenoxy) is 10. The second-order valence-electron chi connectivity index (χ2n) is 21.1. The summed E-state index contributed by atoms with van der Waals surface area (Å²) in [5, 5.41) is 2.52. The normalized spacial score (nSPS) is 18.8. The highest BCUT2D eigenvalue weighted by molar-refractivity contribution is 5.92. The molecule has 1 N–H and O–H groups in total. The van der Waals surface area contributed by atoms with Crippen LogP contribution in [0.15, 0.2) is 200 Å². The number of carbonyl (C=O) groups is 7. The number of carbonyl (C=O) groups excluding carboxylic acids is 7. The summed E-state index contributed by atoms with van der Waals surface area (Å²) < 4.78 is 61.7. The lowest BCUT2D eigenvalue weighted by molar-refractivity contribution is -0.298. The zero-order valence-electron chi connectivity index (χ0n) is 49.6. The molecule has 9 rings (SSSR count). The molecule has 0 radical (unpaired) electrons. The van der Waals surface area contributed by atoms with E-state index < -0.39 is 84.9 Å². The predicted octanol–water partition coefficient (Wildman–Crippen LogP) is 9.50. The van der Waals surface area contributed by atoms with Crippen molar-refractivity contribution in [2.45, 2.75) is 87.0 Å². The maximum absolute atomic E-state index is 14.7. The Labute approximate surface area is 516 Å². The van der Waals surface area contributed by atoms with Crippen LogP contribution >= 0.6 is 0 Å². The minimum Gasteiger partial charge on any atom is -0.497 e. The second-order valence-corrected chi connectivity index (χ2v) is 21.1. The summed E-state index contributed by atoms with van der Waals surface area (Å²) in [5.41, 5.74) is 1.70. The average molecular weight is 1210 g/mol. The second kappa shape index (κ2) is 31.3. The van der Waals surface area contributed by atoms with Crippen molar-refractivity contribution in [3.63, 3.8) is 0 Å². The van der Waals surface area contributed by atoms with Gasteiger partial charge < -0.3 is 57.6 Å². The Morgan fingerprint density at radius 3 is 1.46 bits per heavy atom. The van der Waals surface area contributed by atoms with E-state index in [1.165, 1.54) is 43.4 Å². The highest BCUT2D eigenvalue weighted by Crippen LogP contribution is 2.43. The molecule has 2 aliphatic heterocycles. The maximum Gasteiger partial charge on any atom is 0.338 e. The largest absolute Gasteiger partial charge is 0.497 e. The van der Waals surface area contributed by atoms with Crippen LogP contribution < -0.4 is 14.8 Å². The molecule has 0 aliphatic carbocycles. The number of amides is 2. The van der Waals surface area contributed by atoms with Gasteiger partial charge in [-0.15, -0.1) is 0 Å². The molecule has 2 fully saturated rings. The Morgan fingerprint density at radius 2 is 0.966 bits per heavy atom. The van der Waals surface area contributed by atoms with Gasteiger partial charge in [0.25, 0.3) is 0 Å². The zero-order valence-corrected chi connectivity index (χ0v) is 49.6. The van der Waals surface area contributed by atoms with Crippen molar-refractivity contribution in [3.8, 4) is 11.5 Å². The zero-order chi connectivity index (χ0) is 62.5. The molecule has 2 amide bonds. The molecule has 19 heteroatoms. The fourth-order valence-electron chi connectivity index (χ4n) is 10.7. The lowest BCUT2D eigenvalue weighted by Gasteiger charge is -2.44. The number of likely N-dealkylation sites (tertiary alicyclic amines) is 1. The molecule has 7 aromatic rings. The Kier molecular flexibility index (Phi) is 22.4. The molecule has 2 unspecified atom stereocenters. The van der Waals surface area contributed by atoms with Crippen molar-refractivity contribution >= 4 is 41.7 Å². The summed E-state index contributed by atoms with van der Waals surface area (Å²) in [6.45, 7) is -0.650. The van der Waals surface area contributed by atoms with Crippen molar-refractivity contribution in [3.05, 3.63) is 239 Å². The minimum absolute atomic E-state index is 0.0111. The average Bonchev–Trinajstić information content (AvgIpc) is 1.02. The molecule has 0 bridgehead atoms. The molecule has 2 saturated heterocycles. The van der Waals surface area contributed by atoms with Crippen molar-refractivity contribution in [1.82, 2.24) is 10.2 Å². The van der Waals surface area contributed by atoms with E-state index >= 15 is 0 Å². The van der Waals surface area contributed by atoms with Gasteiger partial charge in [-0.05, 0) is 102 Å². The number of rotatable bonds is 27. The summed E-state index contributed by atoms with van der Waals surface area (Å²) >= 11 is 0. The summed E-state index contributed by atoms with van der Waals surface area (Å²) in [7, 11) is 4.66. The molecule has 7 aromatic carbocycles. The van der Waals surface area contributed by atoms with Crippen LogP contribution in [0.25, 0.3) is 0 Å². The van der Waals surface area contributed by atoms with Gasteiger partial charge in [-0.25, -0.2) is 19.2 Å². The van der Waals surface area contributed by atoms with E-state index in [4.69, 9.17) is 47.4 Å². The molecular weight excluding hydrogens is 1140 g/mol.